The topological polar surface area (TPSA) is 12.0 Å². The van der Waals surface area contributed by atoms with Crippen molar-refractivity contribution in [3.63, 3.8) is 0 Å². The molecule has 90 valence electrons. The zero-order chi connectivity index (χ0) is 12.0. The van der Waals surface area contributed by atoms with Crippen molar-refractivity contribution in [2.24, 2.45) is 0 Å². The van der Waals surface area contributed by atoms with Crippen molar-refractivity contribution >= 4 is 0 Å². The number of hydrogen-bond acceptors (Lipinski definition) is 1. The number of hydrogen-bond donors (Lipinski definition) is 1. The minimum Gasteiger partial charge on any atom is -0.312 e. The smallest absolute Gasteiger partial charge is 0.0125 e. The van der Waals surface area contributed by atoms with Crippen LogP contribution in [0, 0.1) is 0 Å². The zero-order valence-corrected chi connectivity index (χ0v) is 11.8. The summed E-state index contributed by atoms with van der Waals surface area (Å²) in [5, 5.41) is 3.51. The molecule has 0 saturated heterocycles. The second-order valence-corrected chi connectivity index (χ2v) is 3.56. The van der Waals surface area contributed by atoms with E-state index in [0.29, 0.717) is 5.54 Å². The van der Waals surface area contributed by atoms with Crippen LogP contribution in [0.4, 0.5) is 0 Å². The van der Waals surface area contributed by atoms with Gasteiger partial charge in [0.1, 0.15) is 0 Å². The largest absolute Gasteiger partial charge is 0.312 e. The van der Waals surface area contributed by atoms with Crippen molar-refractivity contribution in [3.05, 3.63) is 0 Å². The Labute approximate surface area is 92.7 Å². The maximum atomic E-state index is 3.51. The third-order valence-electron chi connectivity index (χ3n) is 1.73. The molecule has 0 bridgehead atoms. The van der Waals surface area contributed by atoms with Crippen LogP contribution in [0.15, 0.2) is 0 Å². The molecule has 14 heavy (non-hydrogen) atoms. The first-order valence-electron chi connectivity index (χ1n) is 6.37. The molecule has 0 fully saturated rings. The van der Waals surface area contributed by atoms with E-state index in [0.717, 1.165) is 6.54 Å². The zero-order valence-electron chi connectivity index (χ0n) is 11.8. The van der Waals surface area contributed by atoms with Crippen molar-refractivity contribution in [1.29, 1.82) is 0 Å². The summed E-state index contributed by atoms with van der Waals surface area (Å²) < 4.78 is 0. The van der Waals surface area contributed by atoms with Gasteiger partial charge < -0.3 is 5.32 Å². The van der Waals surface area contributed by atoms with Crippen LogP contribution < -0.4 is 5.32 Å². The molecule has 0 rings (SSSR count). The highest BCUT2D eigenvalue weighted by atomic mass is 14.9. The summed E-state index contributed by atoms with van der Waals surface area (Å²) in [6.07, 6.45) is 3.77. The van der Waals surface area contributed by atoms with Crippen molar-refractivity contribution < 1.29 is 0 Å². The van der Waals surface area contributed by atoms with Crippen LogP contribution in [0.1, 0.15) is 74.7 Å². The third-order valence-corrected chi connectivity index (χ3v) is 1.73. The molecule has 0 aliphatic rings. The molecular weight excluding hydrogens is 170 g/mol. The van der Waals surface area contributed by atoms with Crippen LogP contribution >= 0.6 is 0 Å². The first kappa shape index (κ1) is 19.5. The van der Waals surface area contributed by atoms with Gasteiger partial charge in [0.2, 0.25) is 0 Å². The molecule has 0 aromatic heterocycles. The lowest BCUT2D eigenvalue weighted by molar-refractivity contribution is 0.360. The van der Waals surface area contributed by atoms with Crippen LogP contribution in [-0.2, 0) is 0 Å². The van der Waals surface area contributed by atoms with Gasteiger partial charge >= 0.3 is 0 Å². The summed E-state index contributed by atoms with van der Waals surface area (Å²) in [5.41, 5.74) is 0.352. The van der Waals surface area contributed by atoms with Gasteiger partial charge in [0.15, 0.2) is 0 Å². The number of rotatable bonds is 5. The lowest BCUT2D eigenvalue weighted by atomic mass is 9.99. The van der Waals surface area contributed by atoms with Crippen LogP contribution in [0.25, 0.3) is 0 Å². The molecule has 0 spiro atoms. The summed E-state index contributed by atoms with van der Waals surface area (Å²) in [5.74, 6) is 0. The molecule has 0 amide bonds. The van der Waals surface area contributed by atoms with Crippen molar-refractivity contribution in [1.82, 2.24) is 5.32 Å². The standard InChI is InChI=1S/C9H21N.2C2H6/c1-5-7-9(3,4)10-8-6-2;2*1-2/h10H,5-8H2,1-4H3;2*1-2H3. The predicted molar refractivity (Wildman–Crippen MR) is 70.0 cm³/mol. The van der Waals surface area contributed by atoms with E-state index in [9.17, 15) is 0 Å². The first-order chi connectivity index (χ1) is 6.62. The van der Waals surface area contributed by atoms with Crippen LogP contribution in [0.5, 0.6) is 0 Å². The van der Waals surface area contributed by atoms with E-state index in [1.807, 2.05) is 27.7 Å². The Morgan fingerprint density at radius 1 is 0.857 bits per heavy atom. The predicted octanol–water partition coefficient (Wildman–Crippen LogP) is 4.62. The SMILES string of the molecule is CC.CC.CCCNC(C)(C)CCC. The highest BCUT2D eigenvalue weighted by Crippen LogP contribution is 2.09. The fourth-order valence-electron chi connectivity index (χ4n) is 1.18. The van der Waals surface area contributed by atoms with E-state index in [4.69, 9.17) is 0 Å². The molecule has 0 heterocycles. The molecule has 0 aliphatic carbocycles. The van der Waals surface area contributed by atoms with Gasteiger partial charge in [-0.1, -0.05) is 48.0 Å². The van der Waals surface area contributed by atoms with E-state index >= 15 is 0 Å². The van der Waals surface area contributed by atoms with Crippen molar-refractivity contribution in [3.8, 4) is 0 Å². The maximum absolute atomic E-state index is 3.51. The van der Waals surface area contributed by atoms with E-state index in [1.54, 1.807) is 0 Å². The van der Waals surface area contributed by atoms with Gasteiger partial charge in [0.25, 0.3) is 0 Å². The van der Waals surface area contributed by atoms with Gasteiger partial charge in [0.05, 0.1) is 0 Å². The summed E-state index contributed by atoms with van der Waals surface area (Å²) >= 11 is 0. The van der Waals surface area contributed by atoms with Crippen molar-refractivity contribution in [2.45, 2.75) is 80.2 Å². The Hall–Kier alpha value is -0.0400. The molecule has 0 atom stereocenters. The molecule has 0 unspecified atom stereocenters. The quantitative estimate of drug-likeness (QED) is 0.687. The minimum absolute atomic E-state index is 0.352. The average Bonchev–Trinajstić information content (AvgIpc) is 2.21. The third kappa shape index (κ3) is 17.9. The van der Waals surface area contributed by atoms with Crippen LogP contribution in [0.3, 0.4) is 0 Å². The summed E-state index contributed by atoms with van der Waals surface area (Å²) in [6, 6.07) is 0. The molecule has 0 radical (unpaired) electrons. The molecule has 1 N–H and O–H groups in total. The minimum atomic E-state index is 0.352. The monoisotopic (exact) mass is 203 g/mol. The lowest BCUT2D eigenvalue weighted by Crippen LogP contribution is -2.39. The van der Waals surface area contributed by atoms with Gasteiger partial charge in [-0.15, -0.1) is 0 Å². The highest BCUT2D eigenvalue weighted by Gasteiger charge is 2.13. The van der Waals surface area contributed by atoms with Crippen molar-refractivity contribution in [2.75, 3.05) is 6.54 Å². The second-order valence-electron chi connectivity index (χ2n) is 3.56. The van der Waals surface area contributed by atoms with E-state index in [-0.39, 0.29) is 0 Å². The molecule has 0 aromatic rings. The van der Waals surface area contributed by atoms with Gasteiger partial charge in [-0.05, 0) is 33.2 Å². The fourth-order valence-corrected chi connectivity index (χ4v) is 1.18. The van der Waals surface area contributed by atoms with E-state index in [2.05, 4.69) is 33.0 Å². The normalized spacial score (nSPS) is 9.43. The fraction of sp³-hybridized carbons (Fsp3) is 1.00. The van der Waals surface area contributed by atoms with E-state index < -0.39 is 0 Å². The highest BCUT2D eigenvalue weighted by molar-refractivity contribution is 4.75. The maximum Gasteiger partial charge on any atom is 0.0125 e. The van der Waals surface area contributed by atoms with Gasteiger partial charge in [-0.3, -0.25) is 0 Å². The van der Waals surface area contributed by atoms with Gasteiger partial charge in [-0.2, -0.15) is 0 Å². The van der Waals surface area contributed by atoms with Gasteiger partial charge in [0, 0.05) is 5.54 Å². The Bertz CT molecular complexity index is 77.3. The lowest BCUT2D eigenvalue weighted by Gasteiger charge is -2.25. The van der Waals surface area contributed by atoms with Crippen LogP contribution in [-0.4, -0.2) is 12.1 Å². The molecular formula is C13H33N. The summed E-state index contributed by atoms with van der Waals surface area (Å²) in [4.78, 5) is 0. The molecule has 0 aromatic carbocycles. The van der Waals surface area contributed by atoms with Gasteiger partial charge in [-0.25, -0.2) is 0 Å². The molecule has 1 nitrogen and oxygen atoms in total. The summed E-state index contributed by atoms with van der Waals surface area (Å²) in [7, 11) is 0. The molecule has 0 aliphatic heterocycles. The van der Waals surface area contributed by atoms with Crippen LogP contribution in [0.2, 0.25) is 0 Å². The average molecular weight is 203 g/mol. The Balaban J connectivity index is -0.000000266. The Morgan fingerprint density at radius 2 is 1.29 bits per heavy atom. The Morgan fingerprint density at radius 3 is 1.57 bits per heavy atom. The summed E-state index contributed by atoms with van der Waals surface area (Å²) in [6.45, 7) is 18.1. The molecule has 0 saturated carbocycles. The first-order valence-corrected chi connectivity index (χ1v) is 6.37. The second kappa shape index (κ2) is 15.4. The number of nitrogens with one attached hydrogen (secondary N) is 1. The Kier molecular flexibility index (Phi) is 21.5. The van der Waals surface area contributed by atoms with E-state index in [1.165, 1.54) is 19.3 Å². The molecule has 1 heteroatoms.